The summed E-state index contributed by atoms with van der Waals surface area (Å²) in [7, 11) is 0. The first kappa shape index (κ1) is 41.6. The van der Waals surface area contributed by atoms with Crippen LogP contribution in [0.1, 0.15) is 105 Å². The van der Waals surface area contributed by atoms with Crippen LogP contribution >= 0.6 is 0 Å². The van der Waals surface area contributed by atoms with Gasteiger partial charge in [-0.25, -0.2) is 0 Å². The van der Waals surface area contributed by atoms with Gasteiger partial charge in [-0.15, -0.1) is 0 Å². The summed E-state index contributed by atoms with van der Waals surface area (Å²) in [6.07, 6.45) is 0. The Labute approximate surface area is 380 Å². The molecule has 0 N–H and O–H groups in total. The molecule has 1 aromatic heterocycles. The van der Waals surface area contributed by atoms with Crippen LogP contribution in [0.3, 0.4) is 0 Å². The van der Waals surface area contributed by atoms with Crippen molar-refractivity contribution in [1.82, 2.24) is 4.57 Å². The maximum atomic E-state index is 2.56. The molecule has 0 spiro atoms. The van der Waals surface area contributed by atoms with Crippen molar-refractivity contribution in [1.29, 1.82) is 0 Å². The van der Waals surface area contributed by atoms with Gasteiger partial charge in [0.1, 0.15) is 0 Å². The molecule has 9 aromatic carbocycles. The van der Waals surface area contributed by atoms with Crippen LogP contribution < -0.4 is 4.90 Å². The summed E-state index contributed by atoms with van der Waals surface area (Å²) in [6, 6.07) is 59.9. The number of benzene rings is 9. The summed E-state index contributed by atoms with van der Waals surface area (Å²) >= 11 is 0. The van der Waals surface area contributed by atoms with Gasteiger partial charge >= 0.3 is 0 Å². The highest BCUT2D eigenvalue weighted by molar-refractivity contribution is 6.27. The summed E-state index contributed by atoms with van der Waals surface area (Å²) in [5.74, 6) is 0. The number of rotatable bonds is 5. The molecule has 0 saturated heterocycles. The molecule has 0 radical (unpaired) electrons. The molecule has 2 heteroatoms. The second-order valence-electron chi connectivity index (χ2n) is 22.3. The monoisotopic (exact) mass is 834 g/mol. The van der Waals surface area contributed by atoms with E-state index >= 15 is 0 Å². The van der Waals surface area contributed by atoms with Crippen molar-refractivity contribution >= 4 is 71.2 Å². The average Bonchev–Trinajstić information content (AvgIpc) is 3.59. The van der Waals surface area contributed by atoms with E-state index in [0.29, 0.717) is 0 Å². The van der Waals surface area contributed by atoms with E-state index in [1.807, 2.05) is 0 Å². The van der Waals surface area contributed by atoms with E-state index < -0.39 is 0 Å². The number of hydrogen-bond acceptors (Lipinski definition) is 1. The highest BCUT2D eigenvalue weighted by Crippen LogP contribution is 2.50. The third-order valence-electron chi connectivity index (χ3n) is 13.7. The molecule has 64 heavy (non-hydrogen) atoms. The Bertz CT molecular complexity index is 3320. The number of nitrogens with zero attached hydrogens (tertiary/aromatic N) is 2. The van der Waals surface area contributed by atoms with E-state index in [1.165, 1.54) is 105 Å². The van der Waals surface area contributed by atoms with E-state index in [4.69, 9.17) is 0 Å². The quantitative estimate of drug-likeness (QED) is 0.157. The Balaban J connectivity index is 1.27. The van der Waals surface area contributed by atoms with Crippen molar-refractivity contribution in [3.05, 3.63) is 180 Å². The predicted molar refractivity (Wildman–Crippen MR) is 279 cm³/mol. The fourth-order valence-electron chi connectivity index (χ4n) is 10.2. The van der Waals surface area contributed by atoms with Crippen molar-refractivity contribution in [2.45, 2.75) is 105 Å². The van der Waals surface area contributed by atoms with Gasteiger partial charge in [0.2, 0.25) is 0 Å². The molecular weight excluding hydrogens is 773 g/mol. The number of anilines is 3. The number of fused-ring (bicyclic) bond motifs is 3. The molecular formula is C62H62N2. The van der Waals surface area contributed by atoms with Crippen LogP contribution in [-0.4, -0.2) is 4.57 Å². The van der Waals surface area contributed by atoms with Crippen LogP contribution in [0, 0.1) is 0 Å². The molecule has 0 atom stereocenters. The molecule has 0 bridgehead atoms. The van der Waals surface area contributed by atoms with Crippen LogP contribution in [0.15, 0.2) is 158 Å². The van der Waals surface area contributed by atoms with Gasteiger partial charge in [-0.2, -0.15) is 0 Å². The first-order chi connectivity index (χ1) is 30.3. The molecule has 320 valence electrons. The van der Waals surface area contributed by atoms with Crippen LogP contribution in [0.4, 0.5) is 17.1 Å². The number of hydrogen-bond donors (Lipinski definition) is 0. The van der Waals surface area contributed by atoms with Gasteiger partial charge in [-0.3, -0.25) is 0 Å². The lowest BCUT2D eigenvalue weighted by Gasteiger charge is -2.36. The molecule has 0 fully saturated rings. The predicted octanol–water partition coefficient (Wildman–Crippen LogP) is 18.0. The minimum absolute atomic E-state index is 0.00799. The number of aromatic nitrogens is 1. The summed E-state index contributed by atoms with van der Waals surface area (Å²) < 4.78 is 2.47. The van der Waals surface area contributed by atoms with E-state index in [1.54, 1.807) is 0 Å². The van der Waals surface area contributed by atoms with E-state index in [2.05, 4.69) is 250 Å². The zero-order valence-corrected chi connectivity index (χ0v) is 39.9. The lowest BCUT2D eigenvalue weighted by atomic mass is 9.74. The van der Waals surface area contributed by atoms with E-state index in [0.717, 1.165) is 5.69 Å². The molecule has 10 rings (SSSR count). The molecule has 0 saturated carbocycles. The zero-order chi connectivity index (χ0) is 45.1. The molecule has 0 aliphatic heterocycles. The highest BCUT2D eigenvalue weighted by Gasteiger charge is 2.31. The van der Waals surface area contributed by atoms with E-state index in [-0.39, 0.29) is 21.7 Å². The number of para-hydroxylation sites is 3. The van der Waals surface area contributed by atoms with E-state index in [9.17, 15) is 0 Å². The van der Waals surface area contributed by atoms with Crippen molar-refractivity contribution in [2.24, 2.45) is 0 Å². The van der Waals surface area contributed by atoms with Crippen molar-refractivity contribution in [2.75, 3.05) is 4.90 Å². The van der Waals surface area contributed by atoms with Gasteiger partial charge in [-0.05, 0) is 125 Å². The fraction of sp³-hybridized carbons (Fsp3) is 0.258. The van der Waals surface area contributed by atoms with Crippen molar-refractivity contribution < 1.29 is 0 Å². The Hall–Kier alpha value is -6.38. The van der Waals surface area contributed by atoms with Crippen LogP contribution in [-0.2, 0) is 21.7 Å². The van der Waals surface area contributed by atoms with Crippen LogP contribution in [0.5, 0.6) is 0 Å². The first-order valence-electron chi connectivity index (χ1n) is 23.2. The third kappa shape index (κ3) is 6.85. The van der Waals surface area contributed by atoms with Crippen molar-refractivity contribution in [3.8, 4) is 16.8 Å². The Morgan fingerprint density at radius 3 is 1.44 bits per heavy atom. The summed E-state index contributed by atoms with van der Waals surface area (Å²) in [5.41, 5.74) is 14.9. The van der Waals surface area contributed by atoms with Gasteiger partial charge in [-0.1, -0.05) is 192 Å². The summed E-state index contributed by atoms with van der Waals surface area (Å²) in [4.78, 5) is 2.56. The van der Waals surface area contributed by atoms with Gasteiger partial charge in [0.25, 0.3) is 0 Å². The van der Waals surface area contributed by atoms with Gasteiger partial charge in [0.15, 0.2) is 0 Å². The lowest BCUT2D eigenvalue weighted by molar-refractivity contribution is 0.568. The summed E-state index contributed by atoms with van der Waals surface area (Å²) in [5, 5.41) is 10.2. The molecule has 2 nitrogen and oxygen atoms in total. The normalized spacial score (nSPS) is 13.0. The maximum absolute atomic E-state index is 2.56. The molecule has 0 unspecified atom stereocenters. The molecule has 10 aromatic rings. The molecule has 1 heterocycles. The van der Waals surface area contributed by atoms with Crippen LogP contribution in [0.2, 0.25) is 0 Å². The average molecular weight is 835 g/mol. The lowest BCUT2D eigenvalue weighted by Crippen LogP contribution is -2.23. The second kappa shape index (κ2) is 14.6. The second-order valence-corrected chi connectivity index (χ2v) is 22.3. The molecule has 0 aliphatic carbocycles. The Kier molecular flexibility index (Phi) is 9.48. The SMILES string of the molecule is CC(C)(C)c1cc(-c2cc(C(C)(C)C)c(N(c3ccccc3)c3ccc4ccc5c(-n6c7ccccc7c7ccccc76)ccc6ccc3c4c65)cc2C(C)(C)C)cc(C(C)(C)C)c1. The largest absolute Gasteiger partial charge is 0.310 e. The zero-order valence-electron chi connectivity index (χ0n) is 39.9. The maximum Gasteiger partial charge on any atom is 0.0541 e. The van der Waals surface area contributed by atoms with Gasteiger partial charge in [0, 0.05) is 27.2 Å². The standard InChI is InChI=1S/C62H62N2/c1-59(2,3)42-34-41(35-43(36-42)60(4,5)6)49-37-51(62(10,11)12)56(38-50(49)61(7,8)9)63(44-20-14-13-15-21-44)54-32-28-39-27-31-48-55(33-29-40-26-30-47(54)57(39)58(40)48)64-52-24-18-16-22-45(52)46-23-17-19-25-53(46)64/h13-38H,1-12H3. The smallest absolute Gasteiger partial charge is 0.0541 e. The third-order valence-corrected chi connectivity index (χ3v) is 13.7. The fourth-order valence-corrected chi connectivity index (χ4v) is 10.2. The molecule has 0 amide bonds. The highest BCUT2D eigenvalue weighted by atomic mass is 15.1. The minimum atomic E-state index is -0.178. The van der Waals surface area contributed by atoms with Gasteiger partial charge in [0.05, 0.1) is 28.1 Å². The Morgan fingerprint density at radius 1 is 0.375 bits per heavy atom. The molecule has 0 aliphatic rings. The Morgan fingerprint density at radius 2 is 0.875 bits per heavy atom. The topological polar surface area (TPSA) is 8.17 Å². The first-order valence-corrected chi connectivity index (χ1v) is 23.2. The minimum Gasteiger partial charge on any atom is -0.310 e. The summed E-state index contributed by atoms with van der Waals surface area (Å²) in [6.45, 7) is 28.3. The van der Waals surface area contributed by atoms with Crippen molar-refractivity contribution in [3.63, 3.8) is 0 Å². The van der Waals surface area contributed by atoms with Gasteiger partial charge < -0.3 is 9.47 Å². The van der Waals surface area contributed by atoms with Crippen LogP contribution in [0.25, 0.3) is 70.9 Å².